The molecular formula is C9H9N3O3. The van der Waals surface area contributed by atoms with Crippen LogP contribution in [0, 0.1) is 0 Å². The van der Waals surface area contributed by atoms with Gasteiger partial charge in [0.05, 0.1) is 6.26 Å². The highest BCUT2D eigenvalue weighted by atomic mass is 16.5. The van der Waals surface area contributed by atoms with Crippen LogP contribution in [0.1, 0.15) is 16.4 Å². The number of hydrogen-bond donors (Lipinski definition) is 1. The Morgan fingerprint density at radius 3 is 3.13 bits per heavy atom. The lowest BCUT2D eigenvalue weighted by atomic mass is 10.4. The predicted molar refractivity (Wildman–Crippen MR) is 49.0 cm³/mol. The number of nitrogens with one attached hydrogen (secondary N) is 1. The summed E-state index contributed by atoms with van der Waals surface area (Å²) in [6, 6.07) is 3.26. The van der Waals surface area contributed by atoms with Crippen LogP contribution in [-0.4, -0.2) is 22.6 Å². The van der Waals surface area contributed by atoms with Gasteiger partial charge in [0.25, 0.3) is 5.91 Å². The molecule has 0 radical (unpaired) electrons. The van der Waals surface area contributed by atoms with Crippen molar-refractivity contribution in [3.05, 3.63) is 36.4 Å². The third-order valence-electron chi connectivity index (χ3n) is 1.78. The molecule has 6 heteroatoms. The van der Waals surface area contributed by atoms with E-state index in [9.17, 15) is 4.79 Å². The van der Waals surface area contributed by atoms with Gasteiger partial charge in [0, 0.05) is 13.0 Å². The minimum absolute atomic E-state index is 0.250. The summed E-state index contributed by atoms with van der Waals surface area (Å²) in [6.45, 7) is 0.432. The Labute approximate surface area is 85.3 Å². The molecule has 2 aromatic heterocycles. The van der Waals surface area contributed by atoms with E-state index in [1.807, 2.05) is 0 Å². The minimum Gasteiger partial charge on any atom is -0.459 e. The molecule has 0 unspecified atom stereocenters. The molecule has 0 bridgehead atoms. The van der Waals surface area contributed by atoms with Gasteiger partial charge in [0.15, 0.2) is 12.1 Å². The maximum absolute atomic E-state index is 11.4. The average molecular weight is 207 g/mol. The topological polar surface area (TPSA) is 81.2 Å². The van der Waals surface area contributed by atoms with Gasteiger partial charge < -0.3 is 14.3 Å². The molecule has 0 saturated carbocycles. The Hall–Kier alpha value is -2.11. The van der Waals surface area contributed by atoms with Crippen LogP contribution in [0.5, 0.6) is 0 Å². The van der Waals surface area contributed by atoms with E-state index in [-0.39, 0.29) is 5.91 Å². The van der Waals surface area contributed by atoms with Gasteiger partial charge in [-0.25, -0.2) is 0 Å². The van der Waals surface area contributed by atoms with Crippen LogP contribution in [0.4, 0.5) is 0 Å². The summed E-state index contributed by atoms with van der Waals surface area (Å²) in [7, 11) is 0. The van der Waals surface area contributed by atoms with Gasteiger partial charge in [0.2, 0.25) is 5.89 Å². The molecule has 78 valence electrons. The van der Waals surface area contributed by atoms with E-state index in [2.05, 4.69) is 15.5 Å². The molecule has 0 fully saturated rings. The van der Waals surface area contributed by atoms with E-state index >= 15 is 0 Å². The minimum atomic E-state index is -0.250. The van der Waals surface area contributed by atoms with Gasteiger partial charge >= 0.3 is 0 Å². The van der Waals surface area contributed by atoms with Gasteiger partial charge in [-0.1, -0.05) is 5.16 Å². The van der Waals surface area contributed by atoms with Crippen molar-refractivity contribution < 1.29 is 13.7 Å². The zero-order chi connectivity index (χ0) is 10.5. The quantitative estimate of drug-likeness (QED) is 0.795. The monoisotopic (exact) mass is 207 g/mol. The molecule has 1 amide bonds. The number of furan rings is 1. The highest BCUT2D eigenvalue weighted by Crippen LogP contribution is 1.99. The molecule has 0 saturated heterocycles. The highest BCUT2D eigenvalue weighted by molar-refractivity contribution is 5.91. The fourth-order valence-corrected chi connectivity index (χ4v) is 1.08. The first-order chi connectivity index (χ1) is 7.36. The molecular weight excluding hydrogens is 198 g/mol. The third-order valence-corrected chi connectivity index (χ3v) is 1.78. The molecule has 0 spiro atoms. The summed E-state index contributed by atoms with van der Waals surface area (Å²) >= 11 is 0. The summed E-state index contributed by atoms with van der Waals surface area (Å²) in [5.74, 6) is 0.537. The molecule has 0 aromatic carbocycles. The second-order valence-corrected chi connectivity index (χ2v) is 2.82. The molecule has 2 rings (SSSR count). The van der Waals surface area contributed by atoms with E-state index in [1.54, 1.807) is 12.1 Å². The van der Waals surface area contributed by atoms with Gasteiger partial charge in [-0.3, -0.25) is 4.79 Å². The molecule has 15 heavy (non-hydrogen) atoms. The number of aromatic nitrogens is 2. The number of nitrogens with zero attached hydrogens (tertiary/aromatic N) is 2. The normalized spacial score (nSPS) is 10.1. The van der Waals surface area contributed by atoms with E-state index in [0.29, 0.717) is 24.6 Å². The molecule has 0 aliphatic heterocycles. The number of amides is 1. The van der Waals surface area contributed by atoms with Gasteiger partial charge in [-0.05, 0) is 12.1 Å². The first-order valence-electron chi connectivity index (χ1n) is 4.43. The van der Waals surface area contributed by atoms with Gasteiger partial charge in [0.1, 0.15) is 0 Å². The summed E-state index contributed by atoms with van der Waals surface area (Å²) in [6.07, 6.45) is 3.28. The van der Waals surface area contributed by atoms with Crippen LogP contribution in [0.15, 0.2) is 33.7 Å². The molecule has 6 nitrogen and oxygen atoms in total. The Balaban J connectivity index is 1.77. The van der Waals surface area contributed by atoms with Gasteiger partial charge in [-0.2, -0.15) is 4.98 Å². The number of rotatable bonds is 4. The molecule has 0 aliphatic rings. The zero-order valence-electron chi connectivity index (χ0n) is 7.84. The van der Waals surface area contributed by atoms with E-state index in [4.69, 9.17) is 8.94 Å². The predicted octanol–water partition coefficient (Wildman–Crippen LogP) is 0.635. The van der Waals surface area contributed by atoms with E-state index in [0.717, 1.165) is 0 Å². The summed E-state index contributed by atoms with van der Waals surface area (Å²) in [4.78, 5) is 15.2. The average Bonchev–Trinajstić information content (AvgIpc) is 2.90. The lowest BCUT2D eigenvalue weighted by molar-refractivity contribution is 0.0925. The van der Waals surface area contributed by atoms with Gasteiger partial charge in [-0.15, -0.1) is 0 Å². The van der Waals surface area contributed by atoms with Crippen molar-refractivity contribution in [2.45, 2.75) is 6.42 Å². The Morgan fingerprint density at radius 1 is 1.53 bits per heavy atom. The van der Waals surface area contributed by atoms with Crippen molar-refractivity contribution >= 4 is 5.91 Å². The lowest BCUT2D eigenvalue weighted by Crippen LogP contribution is -2.25. The van der Waals surface area contributed by atoms with Crippen LogP contribution in [-0.2, 0) is 6.42 Å². The Bertz CT molecular complexity index is 408. The van der Waals surface area contributed by atoms with Crippen LogP contribution in [0.3, 0.4) is 0 Å². The zero-order valence-corrected chi connectivity index (χ0v) is 7.84. The summed E-state index contributed by atoms with van der Waals surface area (Å²) < 4.78 is 9.69. The largest absolute Gasteiger partial charge is 0.459 e. The SMILES string of the molecule is O=C(NCCc1ncno1)c1ccco1. The molecule has 0 aliphatic carbocycles. The Kier molecular flexibility index (Phi) is 2.77. The first kappa shape index (κ1) is 9.45. The molecule has 0 atom stereocenters. The fraction of sp³-hybridized carbons (Fsp3) is 0.222. The summed E-state index contributed by atoms with van der Waals surface area (Å²) in [5, 5.41) is 6.12. The van der Waals surface area contributed by atoms with Crippen molar-refractivity contribution in [2.24, 2.45) is 0 Å². The fourth-order valence-electron chi connectivity index (χ4n) is 1.08. The van der Waals surface area contributed by atoms with Crippen LogP contribution in [0.2, 0.25) is 0 Å². The molecule has 2 heterocycles. The molecule has 1 N–H and O–H groups in total. The smallest absolute Gasteiger partial charge is 0.286 e. The standard InChI is InChI=1S/C9H9N3O3/c13-9(7-2-1-5-14-7)10-4-3-8-11-6-12-15-8/h1-2,5-6H,3-4H2,(H,10,13). The maximum Gasteiger partial charge on any atom is 0.286 e. The van der Waals surface area contributed by atoms with Crippen LogP contribution in [0.25, 0.3) is 0 Å². The Morgan fingerprint density at radius 2 is 2.47 bits per heavy atom. The van der Waals surface area contributed by atoms with E-state index in [1.165, 1.54) is 12.6 Å². The lowest BCUT2D eigenvalue weighted by Gasteiger charge is -1.99. The van der Waals surface area contributed by atoms with Crippen molar-refractivity contribution in [2.75, 3.05) is 6.54 Å². The van der Waals surface area contributed by atoms with Crippen molar-refractivity contribution in [3.8, 4) is 0 Å². The van der Waals surface area contributed by atoms with Crippen LogP contribution >= 0.6 is 0 Å². The second kappa shape index (κ2) is 4.41. The van der Waals surface area contributed by atoms with Crippen molar-refractivity contribution in [3.63, 3.8) is 0 Å². The first-order valence-corrected chi connectivity index (χ1v) is 4.43. The third kappa shape index (κ3) is 2.43. The maximum atomic E-state index is 11.4. The summed E-state index contributed by atoms with van der Waals surface area (Å²) in [5.41, 5.74) is 0. The van der Waals surface area contributed by atoms with E-state index < -0.39 is 0 Å². The number of carbonyl (C=O) groups excluding carboxylic acids is 1. The van der Waals surface area contributed by atoms with Crippen LogP contribution < -0.4 is 5.32 Å². The molecule has 2 aromatic rings. The van der Waals surface area contributed by atoms with Crippen molar-refractivity contribution in [1.29, 1.82) is 0 Å². The highest BCUT2D eigenvalue weighted by Gasteiger charge is 2.07. The second-order valence-electron chi connectivity index (χ2n) is 2.82. The number of carbonyl (C=O) groups is 1. The number of hydrogen-bond acceptors (Lipinski definition) is 5. The van der Waals surface area contributed by atoms with Crippen molar-refractivity contribution in [1.82, 2.24) is 15.5 Å².